The molecule has 4 aromatic carbocycles. The number of aryl methyl sites for hydroxylation is 2. The SMILES string of the molecule is Cc1cc(S(=O)(=O)O)cc2c3c(ccc12)[N+](CCCCCC(=O)ON1C(=O)CCC1=O)=C(C=CC=CC=c1c2cccc4c(N(C)C)ccc(c42)n1C)C3(C)C. The van der Waals surface area contributed by atoms with Gasteiger partial charge in [-0.05, 0) is 86.4 Å². The molecule has 12 heteroatoms. The van der Waals surface area contributed by atoms with E-state index >= 15 is 0 Å². The molecule has 7 rings (SSSR count). The summed E-state index contributed by atoms with van der Waals surface area (Å²) in [6, 6.07) is 17.9. The number of amides is 2. The largest absolute Gasteiger partial charge is 0.377 e. The van der Waals surface area contributed by atoms with Crippen molar-refractivity contribution in [1.82, 2.24) is 9.63 Å². The summed E-state index contributed by atoms with van der Waals surface area (Å²) >= 11 is 0. The first-order valence-electron chi connectivity index (χ1n) is 18.9. The Morgan fingerprint density at radius 2 is 1.66 bits per heavy atom. The average Bonchev–Trinajstić information content (AvgIpc) is 3.69. The third kappa shape index (κ3) is 6.92. The molecular formula is C44H47N4O7S+. The summed E-state index contributed by atoms with van der Waals surface area (Å²) in [5.74, 6) is -1.61. The van der Waals surface area contributed by atoms with E-state index in [2.05, 4.69) is 97.6 Å². The number of carbonyl (C=O) groups is 3. The van der Waals surface area contributed by atoms with E-state index in [1.165, 1.54) is 33.4 Å². The summed E-state index contributed by atoms with van der Waals surface area (Å²) in [5.41, 5.74) is 5.47. The smallest absolute Gasteiger partial charge is 0.333 e. The van der Waals surface area contributed by atoms with Gasteiger partial charge in [-0.15, -0.1) is 5.06 Å². The molecule has 0 saturated carbocycles. The number of hydrogen-bond acceptors (Lipinski definition) is 7. The zero-order valence-electron chi connectivity index (χ0n) is 32.6. The molecule has 290 valence electrons. The van der Waals surface area contributed by atoms with E-state index in [1.54, 1.807) is 6.07 Å². The molecule has 2 aliphatic rings. The van der Waals surface area contributed by atoms with Crippen molar-refractivity contribution >= 4 is 83.5 Å². The van der Waals surface area contributed by atoms with E-state index in [-0.39, 0.29) is 24.2 Å². The van der Waals surface area contributed by atoms with Gasteiger partial charge in [0.2, 0.25) is 5.69 Å². The summed E-state index contributed by atoms with van der Waals surface area (Å²) in [6.45, 7) is 6.70. The van der Waals surface area contributed by atoms with Crippen molar-refractivity contribution in [3.63, 3.8) is 0 Å². The lowest BCUT2D eigenvalue weighted by Crippen LogP contribution is -2.31. The molecule has 1 N–H and O–H groups in total. The summed E-state index contributed by atoms with van der Waals surface area (Å²) in [5, 5.41) is 6.99. The standard InChI is InChI=1S/C44H46N4O7S/c1-28-26-29(56(52,53)54)27-33-30(28)19-20-37-43(33)44(2,3)38(47(37)25-12-8-11-18-41(51)55-48-39(49)23-24-40(48)50)17-10-7-9-16-35-32-15-13-14-31-34(45(4)5)21-22-36(42(31)32)46(35)6/h7,9-10,13-17,19-22,26-27H,8,11-12,18,23-25H2,1-6H3/p+1. The Morgan fingerprint density at radius 1 is 0.929 bits per heavy atom. The molecule has 5 aromatic rings. The number of imide groups is 1. The molecular weight excluding hydrogens is 729 g/mol. The van der Waals surface area contributed by atoms with E-state index in [0.29, 0.717) is 24.4 Å². The first-order chi connectivity index (χ1) is 26.6. The molecule has 2 aliphatic heterocycles. The van der Waals surface area contributed by atoms with Crippen molar-refractivity contribution in [3.05, 3.63) is 95.4 Å². The quantitative estimate of drug-likeness (QED) is 0.0474. The number of anilines is 1. The Labute approximate surface area is 326 Å². The van der Waals surface area contributed by atoms with Gasteiger partial charge in [0, 0.05) is 97.2 Å². The number of aromatic nitrogens is 1. The van der Waals surface area contributed by atoms with Crippen molar-refractivity contribution in [2.75, 3.05) is 25.5 Å². The molecule has 0 atom stereocenters. The maximum absolute atomic E-state index is 12.4. The summed E-state index contributed by atoms with van der Waals surface area (Å²) in [6.07, 6.45) is 12.4. The number of fused-ring (bicyclic) bond motifs is 3. The molecule has 3 heterocycles. The third-order valence-electron chi connectivity index (χ3n) is 11.1. The number of allylic oxidation sites excluding steroid dienone is 4. The van der Waals surface area contributed by atoms with Crippen LogP contribution < -0.4 is 10.2 Å². The van der Waals surface area contributed by atoms with Crippen LogP contribution in [0.25, 0.3) is 38.5 Å². The monoisotopic (exact) mass is 775 g/mol. The van der Waals surface area contributed by atoms with Crippen LogP contribution in [0.1, 0.15) is 63.5 Å². The molecule has 0 aliphatic carbocycles. The van der Waals surface area contributed by atoms with Gasteiger partial charge in [0.1, 0.15) is 6.54 Å². The molecule has 1 fully saturated rings. The Kier molecular flexibility index (Phi) is 10.2. The number of benzene rings is 4. The highest BCUT2D eigenvalue weighted by molar-refractivity contribution is 7.85. The van der Waals surface area contributed by atoms with Gasteiger partial charge < -0.3 is 14.3 Å². The lowest BCUT2D eigenvalue weighted by molar-refractivity contribution is -0.438. The van der Waals surface area contributed by atoms with Gasteiger partial charge in [-0.25, -0.2) is 4.79 Å². The van der Waals surface area contributed by atoms with Crippen molar-refractivity contribution in [3.8, 4) is 0 Å². The molecule has 2 amide bonds. The predicted molar refractivity (Wildman–Crippen MR) is 220 cm³/mol. The van der Waals surface area contributed by atoms with Gasteiger partial charge in [0.15, 0.2) is 5.71 Å². The van der Waals surface area contributed by atoms with Crippen LogP contribution in [0.4, 0.5) is 11.4 Å². The van der Waals surface area contributed by atoms with Crippen molar-refractivity contribution in [2.45, 2.75) is 69.6 Å². The van der Waals surface area contributed by atoms with Gasteiger partial charge in [-0.1, -0.05) is 36.4 Å². The summed E-state index contributed by atoms with van der Waals surface area (Å²) < 4.78 is 39.1. The van der Waals surface area contributed by atoms with Gasteiger partial charge in [-0.2, -0.15) is 13.0 Å². The van der Waals surface area contributed by atoms with E-state index in [9.17, 15) is 27.4 Å². The maximum atomic E-state index is 12.4. The second-order valence-electron chi connectivity index (χ2n) is 15.4. The zero-order valence-corrected chi connectivity index (χ0v) is 33.4. The Hall–Kier alpha value is -5.59. The Morgan fingerprint density at radius 3 is 2.38 bits per heavy atom. The number of unbranched alkanes of at least 4 members (excludes halogenated alkanes) is 2. The molecule has 11 nitrogen and oxygen atoms in total. The Bertz CT molecular complexity index is 2700. The highest BCUT2D eigenvalue weighted by Crippen LogP contribution is 2.45. The molecule has 56 heavy (non-hydrogen) atoms. The average molecular weight is 776 g/mol. The molecule has 0 spiro atoms. The minimum atomic E-state index is -4.44. The second-order valence-corrected chi connectivity index (χ2v) is 16.8. The molecule has 1 aromatic heterocycles. The zero-order chi connectivity index (χ0) is 40.1. The minimum Gasteiger partial charge on any atom is -0.377 e. The third-order valence-corrected chi connectivity index (χ3v) is 11.9. The number of carbonyl (C=O) groups excluding carboxylic acids is 3. The number of rotatable bonds is 12. The highest BCUT2D eigenvalue weighted by Gasteiger charge is 2.45. The van der Waals surface area contributed by atoms with Gasteiger partial charge >= 0.3 is 5.97 Å². The minimum absolute atomic E-state index is 0.0491. The molecule has 0 unspecified atom stereocenters. The fourth-order valence-corrected chi connectivity index (χ4v) is 8.98. The fraction of sp³-hybridized carbons (Fsp3) is 0.318. The van der Waals surface area contributed by atoms with Crippen LogP contribution in [0.3, 0.4) is 0 Å². The van der Waals surface area contributed by atoms with Gasteiger partial charge in [0.25, 0.3) is 21.9 Å². The fourth-order valence-electron chi connectivity index (χ4n) is 8.39. The van der Waals surface area contributed by atoms with Gasteiger partial charge in [-0.3, -0.25) is 14.1 Å². The first kappa shape index (κ1) is 38.7. The normalized spacial score (nSPS) is 16.3. The van der Waals surface area contributed by atoms with Crippen molar-refractivity contribution < 1.29 is 36.8 Å². The van der Waals surface area contributed by atoms with Crippen LogP contribution in [0.5, 0.6) is 0 Å². The van der Waals surface area contributed by atoms with Crippen molar-refractivity contribution in [2.24, 2.45) is 7.05 Å². The van der Waals surface area contributed by atoms with Crippen LogP contribution in [-0.2, 0) is 41.8 Å². The molecule has 0 radical (unpaired) electrons. The van der Waals surface area contributed by atoms with Crippen LogP contribution in [-0.4, -0.2) is 71.3 Å². The number of hydrogen-bond donors (Lipinski definition) is 1. The Balaban J connectivity index is 1.19. The van der Waals surface area contributed by atoms with E-state index in [0.717, 1.165) is 45.1 Å². The first-order valence-corrected chi connectivity index (χ1v) is 20.3. The molecule has 0 bridgehead atoms. The van der Waals surface area contributed by atoms with Gasteiger partial charge in [0.05, 0.1) is 10.3 Å². The number of nitrogens with zero attached hydrogens (tertiary/aromatic N) is 4. The maximum Gasteiger partial charge on any atom is 0.333 e. The van der Waals surface area contributed by atoms with Crippen LogP contribution in [0.2, 0.25) is 0 Å². The predicted octanol–water partition coefficient (Wildman–Crippen LogP) is 6.96. The van der Waals surface area contributed by atoms with Crippen LogP contribution >= 0.6 is 0 Å². The van der Waals surface area contributed by atoms with Crippen molar-refractivity contribution in [1.29, 1.82) is 0 Å². The summed E-state index contributed by atoms with van der Waals surface area (Å²) in [4.78, 5) is 43.1. The lowest BCUT2D eigenvalue weighted by Gasteiger charge is -2.18. The van der Waals surface area contributed by atoms with E-state index in [1.807, 2.05) is 31.2 Å². The highest BCUT2D eigenvalue weighted by atomic mass is 32.2. The van der Waals surface area contributed by atoms with E-state index in [4.69, 9.17) is 4.84 Å². The number of hydroxylamine groups is 2. The summed E-state index contributed by atoms with van der Waals surface area (Å²) in [7, 11) is 1.76. The van der Waals surface area contributed by atoms with Crippen LogP contribution in [0, 0.1) is 6.92 Å². The second kappa shape index (κ2) is 14.8. The van der Waals surface area contributed by atoms with Crippen LogP contribution in [0.15, 0.2) is 83.8 Å². The van der Waals surface area contributed by atoms with E-state index < -0.39 is 33.3 Å². The lowest BCUT2D eigenvalue weighted by atomic mass is 9.78. The topological polar surface area (TPSA) is 129 Å². The molecule has 1 saturated heterocycles.